The van der Waals surface area contributed by atoms with Crippen molar-refractivity contribution in [2.45, 2.75) is 43.3 Å². The molecule has 1 N–H and O–H groups in total. The van der Waals surface area contributed by atoms with Crippen molar-refractivity contribution in [2.75, 3.05) is 34.9 Å². The van der Waals surface area contributed by atoms with Gasteiger partial charge in [-0.2, -0.15) is 0 Å². The summed E-state index contributed by atoms with van der Waals surface area (Å²) in [6.07, 6.45) is 3.98. The molecule has 1 spiro atoms. The topological polar surface area (TPSA) is 54.0 Å². The second-order valence-corrected chi connectivity index (χ2v) is 9.05. The van der Waals surface area contributed by atoms with Crippen LogP contribution < -0.4 is 14.8 Å². The van der Waals surface area contributed by atoms with Gasteiger partial charge in [0.2, 0.25) is 0 Å². The number of carbonyl (C=O) groups is 1. The molecule has 2 fully saturated rings. The summed E-state index contributed by atoms with van der Waals surface area (Å²) in [5.41, 5.74) is 2.27. The lowest BCUT2D eigenvalue weighted by atomic mass is 9.69. The van der Waals surface area contributed by atoms with Gasteiger partial charge in [0, 0.05) is 18.6 Å². The molecule has 0 unspecified atom stereocenters. The van der Waals surface area contributed by atoms with E-state index in [0.29, 0.717) is 18.0 Å². The van der Waals surface area contributed by atoms with Crippen LogP contribution in [0.2, 0.25) is 0 Å². The molecule has 6 heteroatoms. The minimum Gasteiger partial charge on any atom is -0.493 e. The summed E-state index contributed by atoms with van der Waals surface area (Å²) in [6.45, 7) is 1.30. The Morgan fingerprint density at radius 1 is 0.968 bits per heavy atom. The predicted molar refractivity (Wildman–Crippen MR) is 121 cm³/mol. The summed E-state index contributed by atoms with van der Waals surface area (Å²) in [5.74, 6) is 1.38. The number of rotatable bonds is 6. The van der Waals surface area contributed by atoms with Crippen molar-refractivity contribution >= 4 is 6.03 Å². The fourth-order valence-electron chi connectivity index (χ4n) is 5.28. The molecule has 166 valence electrons. The highest BCUT2D eigenvalue weighted by Gasteiger charge is 2.49. The van der Waals surface area contributed by atoms with Crippen LogP contribution in [-0.2, 0) is 12.1 Å². The average Bonchev–Trinajstić information content (AvgIpc) is 3.09. The highest BCUT2D eigenvalue weighted by molar-refractivity contribution is 5.78. The summed E-state index contributed by atoms with van der Waals surface area (Å²) in [4.78, 5) is 17.1. The average molecular weight is 424 g/mol. The van der Waals surface area contributed by atoms with Crippen LogP contribution in [0.25, 0.3) is 0 Å². The first-order chi connectivity index (χ1) is 14.9. The molecule has 1 saturated carbocycles. The number of nitrogens with one attached hydrogen (secondary N) is 1. The van der Waals surface area contributed by atoms with Crippen LogP contribution in [0.5, 0.6) is 11.5 Å². The number of amides is 2. The molecule has 0 aromatic heterocycles. The molecule has 2 aromatic rings. The van der Waals surface area contributed by atoms with E-state index in [1.54, 1.807) is 14.2 Å². The van der Waals surface area contributed by atoms with Crippen LogP contribution in [0.4, 0.5) is 4.79 Å². The van der Waals surface area contributed by atoms with E-state index in [4.69, 9.17) is 9.47 Å². The second kappa shape index (κ2) is 8.42. The van der Waals surface area contributed by atoms with E-state index >= 15 is 0 Å². The van der Waals surface area contributed by atoms with E-state index in [2.05, 4.69) is 54.6 Å². The Kier molecular flexibility index (Phi) is 5.84. The first-order valence-corrected chi connectivity index (χ1v) is 10.9. The zero-order valence-corrected chi connectivity index (χ0v) is 19.0. The quantitative estimate of drug-likeness (QED) is 0.763. The lowest BCUT2D eigenvalue weighted by Crippen LogP contribution is -2.54. The fourth-order valence-corrected chi connectivity index (χ4v) is 5.28. The Bertz CT molecular complexity index is 921. The minimum absolute atomic E-state index is 0.0202. The third-order valence-corrected chi connectivity index (χ3v) is 7.18. The van der Waals surface area contributed by atoms with Gasteiger partial charge >= 0.3 is 6.03 Å². The number of carbonyl (C=O) groups excluding carboxylic acids is 1. The summed E-state index contributed by atoms with van der Waals surface area (Å²) in [7, 11) is 7.59. The Morgan fingerprint density at radius 2 is 1.65 bits per heavy atom. The smallest absolute Gasteiger partial charge is 0.318 e. The molecule has 0 bridgehead atoms. The molecule has 2 aliphatic rings. The molecule has 1 aliphatic heterocycles. The monoisotopic (exact) mass is 423 g/mol. The van der Waals surface area contributed by atoms with Crippen molar-refractivity contribution in [3.05, 3.63) is 59.7 Å². The zero-order valence-electron chi connectivity index (χ0n) is 19.0. The van der Waals surface area contributed by atoms with Crippen LogP contribution in [0.3, 0.4) is 0 Å². The van der Waals surface area contributed by atoms with E-state index in [1.165, 1.54) is 5.56 Å². The fraction of sp³-hybridized carbons (Fsp3) is 0.480. The molecule has 6 nitrogen and oxygen atoms in total. The highest BCUT2D eigenvalue weighted by atomic mass is 16.5. The number of ether oxygens (including phenoxy) is 2. The molecule has 1 aliphatic carbocycles. The maximum atomic E-state index is 12.8. The van der Waals surface area contributed by atoms with E-state index in [0.717, 1.165) is 37.8 Å². The normalized spacial score (nSPS) is 25.7. The molecular formula is C25H33N3O3. The van der Waals surface area contributed by atoms with Crippen molar-refractivity contribution in [3.63, 3.8) is 0 Å². The Hall–Kier alpha value is -2.73. The molecule has 4 rings (SSSR count). The Labute approximate surface area is 185 Å². The minimum atomic E-state index is -0.151. The van der Waals surface area contributed by atoms with Gasteiger partial charge in [0.05, 0.1) is 19.8 Å². The van der Waals surface area contributed by atoms with Crippen LogP contribution in [0.15, 0.2) is 48.5 Å². The zero-order chi connectivity index (χ0) is 22.1. The van der Waals surface area contributed by atoms with Crippen molar-refractivity contribution in [2.24, 2.45) is 0 Å². The first-order valence-electron chi connectivity index (χ1n) is 10.9. The van der Waals surface area contributed by atoms with Gasteiger partial charge in [0.25, 0.3) is 0 Å². The largest absolute Gasteiger partial charge is 0.493 e. The molecular weight excluding hydrogens is 390 g/mol. The van der Waals surface area contributed by atoms with Crippen molar-refractivity contribution in [1.29, 1.82) is 0 Å². The second-order valence-electron chi connectivity index (χ2n) is 9.05. The summed E-state index contributed by atoms with van der Waals surface area (Å²) >= 11 is 0. The van der Waals surface area contributed by atoms with Gasteiger partial charge in [-0.15, -0.1) is 0 Å². The Balaban J connectivity index is 1.47. The molecule has 2 amide bonds. The first kappa shape index (κ1) is 21.5. The van der Waals surface area contributed by atoms with Crippen molar-refractivity contribution in [3.8, 4) is 11.5 Å². The number of urea groups is 1. The lowest BCUT2D eigenvalue weighted by Gasteiger charge is -2.48. The van der Waals surface area contributed by atoms with Gasteiger partial charge in [-0.05, 0) is 63.0 Å². The summed E-state index contributed by atoms with van der Waals surface area (Å²) in [5, 5.41) is 3.33. The SMILES string of the molecule is COc1ccc(CN2C[C@]3(CC[C@](c4ccccc4)(N(C)C)CC3)NC2=O)cc1OC. The number of hydrogen-bond donors (Lipinski definition) is 1. The number of hydrogen-bond acceptors (Lipinski definition) is 4. The van der Waals surface area contributed by atoms with E-state index in [1.807, 2.05) is 23.1 Å². The van der Waals surface area contributed by atoms with Crippen LogP contribution >= 0.6 is 0 Å². The van der Waals surface area contributed by atoms with E-state index in [-0.39, 0.29) is 17.1 Å². The standard InChI is InChI=1S/C25H33N3O3/c1-27(2)25(20-8-6-5-7-9-20)14-12-24(13-15-25)18-28(23(29)26-24)17-19-10-11-21(30-3)22(16-19)31-4/h5-11,16H,12-15,17-18H2,1-4H3,(H,26,29)/t24-,25+. The third kappa shape index (κ3) is 3.97. The van der Waals surface area contributed by atoms with E-state index < -0.39 is 0 Å². The molecule has 0 atom stereocenters. The molecule has 1 heterocycles. The predicted octanol–water partition coefficient (Wildman–Crippen LogP) is 4.00. The molecule has 1 saturated heterocycles. The Morgan fingerprint density at radius 3 is 2.26 bits per heavy atom. The number of nitrogens with zero attached hydrogens (tertiary/aromatic N) is 2. The van der Waals surface area contributed by atoms with Gasteiger partial charge in [0.1, 0.15) is 0 Å². The van der Waals surface area contributed by atoms with Crippen molar-refractivity contribution < 1.29 is 14.3 Å². The highest BCUT2D eigenvalue weighted by Crippen LogP contribution is 2.46. The molecule has 2 aromatic carbocycles. The van der Waals surface area contributed by atoms with E-state index in [9.17, 15) is 4.79 Å². The number of benzene rings is 2. The molecule has 31 heavy (non-hydrogen) atoms. The van der Waals surface area contributed by atoms with Crippen LogP contribution in [0, 0.1) is 0 Å². The molecule has 0 radical (unpaired) electrons. The number of methoxy groups -OCH3 is 2. The van der Waals surface area contributed by atoms with Gasteiger partial charge in [0.15, 0.2) is 11.5 Å². The van der Waals surface area contributed by atoms with Gasteiger partial charge in [-0.25, -0.2) is 4.79 Å². The van der Waals surface area contributed by atoms with Gasteiger partial charge in [-0.1, -0.05) is 36.4 Å². The van der Waals surface area contributed by atoms with Gasteiger partial charge < -0.3 is 19.7 Å². The third-order valence-electron chi connectivity index (χ3n) is 7.18. The maximum Gasteiger partial charge on any atom is 0.318 e. The van der Waals surface area contributed by atoms with Crippen molar-refractivity contribution in [1.82, 2.24) is 15.1 Å². The van der Waals surface area contributed by atoms with Crippen LogP contribution in [-0.4, -0.2) is 56.2 Å². The lowest BCUT2D eigenvalue weighted by molar-refractivity contribution is 0.0617. The summed E-state index contributed by atoms with van der Waals surface area (Å²) < 4.78 is 10.7. The van der Waals surface area contributed by atoms with Gasteiger partial charge in [-0.3, -0.25) is 4.90 Å². The van der Waals surface area contributed by atoms with Crippen LogP contribution in [0.1, 0.15) is 36.8 Å². The maximum absolute atomic E-state index is 12.8. The summed E-state index contributed by atoms with van der Waals surface area (Å²) in [6, 6.07) is 16.6.